The van der Waals surface area contributed by atoms with Crippen molar-refractivity contribution in [2.45, 2.75) is 90.7 Å². The quantitative estimate of drug-likeness (QED) is 0.184. The molecule has 1 amide bonds. The summed E-state index contributed by atoms with van der Waals surface area (Å²) in [5, 5.41) is 2.88. The molecule has 4 rings (SSSR count). The molecule has 242 valence electrons. The van der Waals surface area contributed by atoms with Gasteiger partial charge in [0.25, 0.3) is 5.56 Å². The first-order chi connectivity index (χ1) is 21.2. The summed E-state index contributed by atoms with van der Waals surface area (Å²) in [6.07, 6.45) is 4.79. The van der Waals surface area contributed by atoms with E-state index in [4.69, 9.17) is 0 Å². The topological polar surface area (TPSA) is 115 Å². The number of sulfonamides is 1. The summed E-state index contributed by atoms with van der Waals surface area (Å²) < 4.78 is 47.9. The number of pyridine rings is 1. The molecule has 11 heteroatoms. The third kappa shape index (κ3) is 8.46. The van der Waals surface area contributed by atoms with Gasteiger partial charge in [-0.25, -0.2) is 22.5 Å². The molecule has 0 fully saturated rings. The van der Waals surface area contributed by atoms with Crippen molar-refractivity contribution in [2.24, 2.45) is 5.92 Å². The molecule has 0 radical (unpaired) electrons. The summed E-state index contributed by atoms with van der Waals surface area (Å²) in [5.74, 6) is 0.411. The summed E-state index contributed by atoms with van der Waals surface area (Å²) in [6, 6.07) is 12.8. The molecular weight excluding hydrogens is 593 g/mol. The van der Waals surface area contributed by atoms with Crippen molar-refractivity contribution >= 4 is 27.0 Å². The molecule has 2 N–H and O–H groups in total. The summed E-state index contributed by atoms with van der Waals surface area (Å²) in [7, 11) is -3.88. The lowest BCUT2D eigenvalue weighted by molar-refractivity contribution is -0.121. The number of carbonyl (C=O) groups excluding carboxylic acids is 1. The number of hydrogen-bond acceptors (Lipinski definition) is 5. The van der Waals surface area contributed by atoms with E-state index in [1.807, 2.05) is 6.92 Å². The Kier molecular flexibility index (Phi) is 10.7. The van der Waals surface area contributed by atoms with Gasteiger partial charge in [-0.1, -0.05) is 51.1 Å². The van der Waals surface area contributed by atoms with Gasteiger partial charge >= 0.3 is 0 Å². The van der Waals surface area contributed by atoms with E-state index in [1.165, 1.54) is 16.7 Å². The number of imidazole rings is 1. The number of nitrogens with zero attached hydrogens (tertiary/aromatic N) is 3. The molecule has 0 saturated heterocycles. The lowest BCUT2D eigenvalue weighted by Crippen LogP contribution is -2.40. The van der Waals surface area contributed by atoms with Crippen LogP contribution in [-0.2, 0) is 34.3 Å². The molecule has 0 unspecified atom stereocenters. The number of rotatable bonds is 13. The highest BCUT2D eigenvalue weighted by Gasteiger charge is 2.25. The van der Waals surface area contributed by atoms with Gasteiger partial charge in [-0.15, -0.1) is 0 Å². The standard InChI is InChI=1S/C34H44FN5O4S/c1-7-11-30-37-28-17-19-39(22-31(41)36-18-10-12-23(2)3)33(42)32(28)40(30)21-25-16-15-24(20-27(25)35)26-13-8-9-14-29(26)45(43,44)38-34(4,5)6/h8-9,13-17,19-20,23,38H,7,10-12,18,21-22H2,1-6H3,(H,36,41). The van der Waals surface area contributed by atoms with Crippen molar-refractivity contribution in [3.63, 3.8) is 0 Å². The largest absolute Gasteiger partial charge is 0.355 e. The van der Waals surface area contributed by atoms with Gasteiger partial charge in [0.05, 0.1) is 17.0 Å². The molecule has 4 aromatic rings. The van der Waals surface area contributed by atoms with Crippen LogP contribution in [0.5, 0.6) is 0 Å². The molecule has 0 saturated carbocycles. The van der Waals surface area contributed by atoms with Crippen molar-refractivity contribution in [1.82, 2.24) is 24.2 Å². The first kappa shape index (κ1) is 34.1. The first-order valence-corrected chi connectivity index (χ1v) is 17.0. The molecule has 45 heavy (non-hydrogen) atoms. The maximum Gasteiger partial charge on any atom is 0.277 e. The zero-order chi connectivity index (χ0) is 32.9. The Morgan fingerprint density at radius 3 is 2.49 bits per heavy atom. The number of carbonyl (C=O) groups is 1. The van der Waals surface area contributed by atoms with Crippen LogP contribution in [0, 0.1) is 11.7 Å². The molecule has 0 atom stereocenters. The molecule has 0 aliphatic carbocycles. The minimum Gasteiger partial charge on any atom is -0.355 e. The van der Waals surface area contributed by atoms with Crippen LogP contribution >= 0.6 is 0 Å². The smallest absolute Gasteiger partial charge is 0.277 e. The van der Waals surface area contributed by atoms with E-state index in [9.17, 15) is 18.0 Å². The van der Waals surface area contributed by atoms with Gasteiger partial charge in [0, 0.05) is 35.8 Å². The van der Waals surface area contributed by atoms with E-state index in [0.717, 1.165) is 19.3 Å². The fourth-order valence-electron chi connectivity index (χ4n) is 5.29. The average molecular weight is 638 g/mol. The second-order valence-corrected chi connectivity index (χ2v) is 14.5. The van der Waals surface area contributed by atoms with Crippen LogP contribution in [0.15, 0.2) is 64.4 Å². The Hall–Kier alpha value is -3.83. The Morgan fingerprint density at radius 1 is 1.09 bits per heavy atom. The molecule has 2 heterocycles. The molecule has 0 aliphatic rings. The molecule has 0 aliphatic heterocycles. The van der Waals surface area contributed by atoms with Crippen LogP contribution in [-0.4, -0.2) is 40.5 Å². The Morgan fingerprint density at radius 2 is 1.82 bits per heavy atom. The minimum atomic E-state index is -3.88. The predicted octanol–water partition coefficient (Wildman–Crippen LogP) is 5.63. The average Bonchev–Trinajstić information content (AvgIpc) is 3.30. The van der Waals surface area contributed by atoms with Gasteiger partial charge in [0.1, 0.15) is 23.7 Å². The van der Waals surface area contributed by atoms with E-state index < -0.39 is 21.4 Å². The van der Waals surface area contributed by atoms with Gasteiger partial charge in [-0.05, 0) is 69.7 Å². The summed E-state index contributed by atoms with van der Waals surface area (Å²) in [5.41, 5.74) is 0.840. The minimum absolute atomic E-state index is 0.0458. The summed E-state index contributed by atoms with van der Waals surface area (Å²) >= 11 is 0. The lowest BCUT2D eigenvalue weighted by atomic mass is 10.0. The summed E-state index contributed by atoms with van der Waals surface area (Å²) in [4.78, 5) is 31.0. The van der Waals surface area contributed by atoms with Crippen molar-refractivity contribution in [3.05, 3.63) is 82.3 Å². The van der Waals surface area contributed by atoms with Crippen LogP contribution in [0.1, 0.15) is 72.2 Å². The van der Waals surface area contributed by atoms with Crippen molar-refractivity contribution < 1.29 is 17.6 Å². The molecular formula is C34H44FN5O4S. The van der Waals surface area contributed by atoms with Crippen LogP contribution in [0.2, 0.25) is 0 Å². The Labute approximate surface area is 264 Å². The highest BCUT2D eigenvalue weighted by atomic mass is 32.2. The molecule has 2 aromatic heterocycles. The second-order valence-electron chi connectivity index (χ2n) is 12.9. The third-order valence-corrected chi connectivity index (χ3v) is 9.14. The Bertz CT molecular complexity index is 1840. The van der Waals surface area contributed by atoms with E-state index in [1.54, 1.807) is 67.9 Å². The van der Waals surface area contributed by atoms with E-state index in [2.05, 4.69) is 28.9 Å². The SMILES string of the molecule is CCCc1nc2ccn(CC(=O)NCCCC(C)C)c(=O)c2n1Cc1ccc(-c2ccccc2S(=O)(=O)NC(C)(C)C)cc1F. The maximum atomic E-state index is 15.8. The lowest BCUT2D eigenvalue weighted by Gasteiger charge is -2.21. The molecule has 0 spiro atoms. The van der Waals surface area contributed by atoms with E-state index in [0.29, 0.717) is 52.4 Å². The van der Waals surface area contributed by atoms with Gasteiger partial charge in [0.2, 0.25) is 15.9 Å². The van der Waals surface area contributed by atoms with E-state index in [-0.39, 0.29) is 29.5 Å². The van der Waals surface area contributed by atoms with Crippen LogP contribution in [0.3, 0.4) is 0 Å². The van der Waals surface area contributed by atoms with Gasteiger partial charge in [0.15, 0.2) is 0 Å². The van der Waals surface area contributed by atoms with Crippen LogP contribution < -0.4 is 15.6 Å². The maximum absolute atomic E-state index is 15.8. The fraction of sp³-hybridized carbons (Fsp3) is 0.441. The number of benzene rings is 2. The van der Waals surface area contributed by atoms with Crippen LogP contribution in [0.4, 0.5) is 4.39 Å². The third-order valence-electron chi connectivity index (χ3n) is 7.33. The van der Waals surface area contributed by atoms with Gasteiger partial charge in [-0.3, -0.25) is 9.59 Å². The number of aromatic nitrogens is 3. The number of fused-ring (bicyclic) bond motifs is 1. The number of hydrogen-bond donors (Lipinski definition) is 2. The zero-order valence-electron chi connectivity index (χ0n) is 27.0. The number of aryl methyl sites for hydroxylation is 1. The van der Waals surface area contributed by atoms with Gasteiger partial charge in [-0.2, -0.15) is 0 Å². The highest BCUT2D eigenvalue weighted by Crippen LogP contribution is 2.30. The first-order valence-electron chi connectivity index (χ1n) is 15.5. The summed E-state index contributed by atoms with van der Waals surface area (Å²) in [6.45, 7) is 12.0. The number of nitrogens with one attached hydrogen (secondary N) is 2. The number of halogens is 1. The Balaban J connectivity index is 1.66. The van der Waals surface area contributed by atoms with Crippen molar-refractivity contribution in [1.29, 1.82) is 0 Å². The zero-order valence-corrected chi connectivity index (χ0v) is 27.8. The van der Waals surface area contributed by atoms with Gasteiger partial charge < -0.3 is 14.5 Å². The van der Waals surface area contributed by atoms with Crippen LogP contribution in [0.25, 0.3) is 22.2 Å². The predicted molar refractivity (Wildman–Crippen MR) is 176 cm³/mol. The molecule has 0 bridgehead atoms. The van der Waals surface area contributed by atoms with Crippen molar-refractivity contribution in [3.8, 4) is 11.1 Å². The molecule has 2 aromatic carbocycles. The molecule has 9 nitrogen and oxygen atoms in total. The fourth-order valence-corrected chi connectivity index (χ4v) is 6.94. The second kappa shape index (κ2) is 14.1. The van der Waals surface area contributed by atoms with Crippen molar-refractivity contribution in [2.75, 3.05) is 6.54 Å². The monoisotopic (exact) mass is 637 g/mol. The normalized spacial score (nSPS) is 12.3. The van der Waals surface area contributed by atoms with E-state index >= 15 is 4.39 Å². The highest BCUT2D eigenvalue weighted by molar-refractivity contribution is 7.89. The number of amides is 1.